The molecule has 0 N–H and O–H groups in total. The number of nitrogens with zero attached hydrogens (tertiary/aromatic N) is 3. The van der Waals surface area contributed by atoms with E-state index in [0.29, 0.717) is 21.7 Å². The largest absolute Gasteiger partial charge is 0.496 e. The maximum atomic E-state index is 12.9. The summed E-state index contributed by atoms with van der Waals surface area (Å²) in [6.07, 6.45) is 1.86. The zero-order valence-corrected chi connectivity index (χ0v) is 17.7. The number of amidine groups is 1. The molecule has 4 rings (SSSR count). The van der Waals surface area contributed by atoms with Gasteiger partial charge in [0.05, 0.1) is 17.7 Å². The minimum Gasteiger partial charge on any atom is -0.496 e. The molecule has 3 aromatic rings. The molecule has 1 fully saturated rings. The number of thioether (sulfide) groups is 1. The van der Waals surface area contributed by atoms with Crippen LogP contribution in [0, 0.1) is 0 Å². The Bertz CT molecular complexity index is 1090. The van der Waals surface area contributed by atoms with E-state index in [2.05, 4.69) is 9.98 Å². The molecule has 1 aromatic heterocycles. The van der Waals surface area contributed by atoms with Crippen molar-refractivity contribution in [2.75, 3.05) is 13.7 Å². The molecule has 0 aliphatic carbocycles. The first-order valence-electron chi connectivity index (χ1n) is 9.13. The van der Waals surface area contributed by atoms with E-state index in [4.69, 9.17) is 4.74 Å². The maximum absolute atomic E-state index is 12.9. The smallest absolute Gasteiger partial charge is 0.266 e. The molecule has 1 aliphatic rings. The molecule has 2 heterocycles. The number of aromatic nitrogens is 1. The Balaban J connectivity index is 1.64. The van der Waals surface area contributed by atoms with Gasteiger partial charge < -0.3 is 4.74 Å². The molecule has 0 bridgehead atoms. The van der Waals surface area contributed by atoms with Crippen molar-refractivity contribution in [2.45, 2.75) is 6.92 Å². The number of benzene rings is 2. The number of likely N-dealkylation sites (N-methyl/N-ethyl adjacent to an activating group) is 1. The van der Waals surface area contributed by atoms with Crippen LogP contribution in [0.4, 0.5) is 5.13 Å². The fourth-order valence-corrected chi connectivity index (χ4v) is 4.72. The molecular formula is C22H19N3O2S2. The molecule has 1 saturated heterocycles. The van der Waals surface area contributed by atoms with Crippen LogP contribution in [0.15, 0.2) is 69.9 Å². The maximum Gasteiger partial charge on any atom is 0.266 e. The number of methoxy groups -OCH3 is 1. The van der Waals surface area contributed by atoms with Gasteiger partial charge >= 0.3 is 0 Å². The van der Waals surface area contributed by atoms with Crippen molar-refractivity contribution in [3.8, 4) is 17.0 Å². The summed E-state index contributed by atoms with van der Waals surface area (Å²) >= 11 is 2.83. The predicted molar refractivity (Wildman–Crippen MR) is 121 cm³/mol. The second-order valence-corrected chi connectivity index (χ2v) is 8.02. The molecule has 5 nitrogen and oxygen atoms in total. The number of hydrogen-bond acceptors (Lipinski definition) is 6. The molecular weight excluding hydrogens is 402 g/mol. The van der Waals surface area contributed by atoms with Gasteiger partial charge in [-0.15, -0.1) is 11.3 Å². The molecule has 0 radical (unpaired) electrons. The SMILES string of the molecule is CCN1C(=O)/C(=C/c2ccccc2OC)S/C1=N/c1nc(-c2ccccc2)cs1. The first kappa shape index (κ1) is 19.4. The van der Waals surface area contributed by atoms with Crippen molar-refractivity contribution in [1.29, 1.82) is 0 Å². The van der Waals surface area contributed by atoms with E-state index in [0.717, 1.165) is 22.6 Å². The third kappa shape index (κ3) is 4.11. The standard InChI is InChI=1S/C22H19N3O2S2/c1-3-25-20(26)19(13-16-11-7-8-12-18(16)27-2)29-22(25)24-21-23-17(14-28-21)15-9-5-4-6-10-15/h4-14H,3H2,1-2H3/b19-13-,24-22+. The molecule has 146 valence electrons. The first-order chi connectivity index (χ1) is 14.2. The molecule has 0 saturated carbocycles. The van der Waals surface area contributed by atoms with E-state index in [-0.39, 0.29) is 5.91 Å². The van der Waals surface area contributed by atoms with Crippen LogP contribution in [-0.4, -0.2) is 34.6 Å². The van der Waals surface area contributed by atoms with E-state index >= 15 is 0 Å². The van der Waals surface area contributed by atoms with Crippen LogP contribution < -0.4 is 4.74 Å². The summed E-state index contributed by atoms with van der Waals surface area (Å²) in [5.41, 5.74) is 2.80. The van der Waals surface area contributed by atoms with Gasteiger partial charge in [-0.05, 0) is 30.8 Å². The highest BCUT2D eigenvalue weighted by atomic mass is 32.2. The van der Waals surface area contributed by atoms with Gasteiger partial charge in [-0.2, -0.15) is 4.99 Å². The molecule has 29 heavy (non-hydrogen) atoms. The normalized spacial score (nSPS) is 16.8. The van der Waals surface area contributed by atoms with Crippen LogP contribution in [-0.2, 0) is 4.79 Å². The molecule has 2 aromatic carbocycles. The summed E-state index contributed by atoms with van der Waals surface area (Å²) in [5.74, 6) is 0.677. The number of carbonyl (C=O) groups is 1. The van der Waals surface area contributed by atoms with Crippen molar-refractivity contribution in [3.63, 3.8) is 0 Å². The van der Waals surface area contributed by atoms with Crippen molar-refractivity contribution >= 4 is 45.4 Å². The number of aliphatic imine (C=N–C) groups is 1. The second kappa shape index (κ2) is 8.63. The Morgan fingerprint density at radius 1 is 1.14 bits per heavy atom. The van der Waals surface area contributed by atoms with E-state index in [1.54, 1.807) is 12.0 Å². The average Bonchev–Trinajstić information content (AvgIpc) is 3.34. The summed E-state index contributed by atoms with van der Waals surface area (Å²) in [6, 6.07) is 17.6. The number of hydrogen-bond donors (Lipinski definition) is 0. The first-order valence-corrected chi connectivity index (χ1v) is 10.8. The van der Waals surface area contributed by atoms with Crippen molar-refractivity contribution in [3.05, 3.63) is 70.4 Å². The monoisotopic (exact) mass is 421 g/mol. The number of thiazole rings is 1. The fourth-order valence-electron chi connectivity index (χ4n) is 2.94. The lowest BCUT2D eigenvalue weighted by Gasteiger charge is -2.11. The number of carbonyl (C=O) groups excluding carboxylic acids is 1. The van der Waals surface area contributed by atoms with Crippen LogP contribution >= 0.6 is 23.1 Å². The van der Waals surface area contributed by atoms with E-state index in [1.165, 1.54) is 23.1 Å². The van der Waals surface area contributed by atoms with Crippen LogP contribution in [0.25, 0.3) is 17.3 Å². The predicted octanol–water partition coefficient (Wildman–Crippen LogP) is 5.44. The van der Waals surface area contributed by atoms with Gasteiger partial charge in [0, 0.05) is 23.1 Å². The van der Waals surface area contributed by atoms with Gasteiger partial charge in [0.1, 0.15) is 5.75 Å². The van der Waals surface area contributed by atoms with Gasteiger partial charge in [-0.3, -0.25) is 9.69 Å². The Hall–Kier alpha value is -2.90. The van der Waals surface area contributed by atoms with Gasteiger partial charge in [0.2, 0.25) is 5.13 Å². The van der Waals surface area contributed by atoms with Crippen LogP contribution in [0.5, 0.6) is 5.75 Å². The topological polar surface area (TPSA) is 54.8 Å². The van der Waals surface area contributed by atoms with Crippen LogP contribution in [0.3, 0.4) is 0 Å². The summed E-state index contributed by atoms with van der Waals surface area (Å²) in [5, 5.41) is 3.27. The lowest BCUT2D eigenvalue weighted by Crippen LogP contribution is -2.28. The van der Waals surface area contributed by atoms with Gasteiger partial charge in [0.15, 0.2) is 5.17 Å². The fraction of sp³-hybridized carbons (Fsp3) is 0.136. The lowest BCUT2D eigenvalue weighted by atomic mass is 10.2. The van der Waals surface area contributed by atoms with E-state index in [9.17, 15) is 4.79 Å². The molecule has 7 heteroatoms. The zero-order chi connectivity index (χ0) is 20.2. The van der Waals surface area contributed by atoms with Crippen molar-refractivity contribution < 1.29 is 9.53 Å². The van der Waals surface area contributed by atoms with Crippen molar-refractivity contribution in [2.24, 2.45) is 4.99 Å². The summed E-state index contributed by atoms with van der Waals surface area (Å²) < 4.78 is 5.39. The Labute approximate surface area is 177 Å². The molecule has 1 aliphatic heterocycles. The highest BCUT2D eigenvalue weighted by Gasteiger charge is 2.32. The van der Waals surface area contributed by atoms with Crippen molar-refractivity contribution in [1.82, 2.24) is 9.88 Å². The Kier molecular flexibility index (Phi) is 5.78. The Morgan fingerprint density at radius 3 is 2.66 bits per heavy atom. The molecule has 0 spiro atoms. The summed E-state index contributed by atoms with van der Waals surface area (Å²) in [6.45, 7) is 2.49. The minimum atomic E-state index is -0.0537. The zero-order valence-electron chi connectivity index (χ0n) is 16.0. The third-order valence-electron chi connectivity index (χ3n) is 4.38. The average molecular weight is 422 g/mol. The highest BCUT2D eigenvalue weighted by Crippen LogP contribution is 2.36. The molecule has 1 amide bonds. The van der Waals surface area contributed by atoms with Crippen LogP contribution in [0.2, 0.25) is 0 Å². The Morgan fingerprint density at radius 2 is 1.90 bits per heavy atom. The van der Waals surface area contributed by atoms with E-state index < -0.39 is 0 Å². The molecule has 0 unspecified atom stereocenters. The number of ether oxygens (including phenoxy) is 1. The number of para-hydroxylation sites is 1. The van der Waals surface area contributed by atoms with Gasteiger partial charge in [-0.25, -0.2) is 4.98 Å². The number of amides is 1. The van der Waals surface area contributed by atoms with E-state index in [1.807, 2.05) is 73.0 Å². The molecule has 0 atom stereocenters. The number of rotatable bonds is 5. The lowest BCUT2D eigenvalue weighted by molar-refractivity contribution is -0.122. The van der Waals surface area contributed by atoms with Crippen LogP contribution in [0.1, 0.15) is 12.5 Å². The highest BCUT2D eigenvalue weighted by molar-refractivity contribution is 8.18. The van der Waals surface area contributed by atoms with Gasteiger partial charge in [0.25, 0.3) is 5.91 Å². The quantitative estimate of drug-likeness (QED) is 0.515. The second-order valence-electron chi connectivity index (χ2n) is 6.18. The minimum absolute atomic E-state index is 0.0537. The third-order valence-corrected chi connectivity index (χ3v) is 6.12. The van der Waals surface area contributed by atoms with Gasteiger partial charge in [-0.1, -0.05) is 48.5 Å². The summed E-state index contributed by atoms with van der Waals surface area (Å²) in [4.78, 5) is 24.4. The summed E-state index contributed by atoms with van der Waals surface area (Å²) in [7, 11) is 1.62.